The second-order valence-electron chi connectivity index (χ2n) is 13.1. The third-order valence-corrected chi connectivity index (χ3v) is 12.7. The average molecular weight is 613 g/mol. The zero-order valence-electron chi connectivity index (χ0n) is 24.3. The number of fused-ring (bicyclic) bond motifs is 7. The number of anilines is 1. The van der Waals surface area contributed by atoms with Crippen molar-refractivity contribution in [2.75, 3.05) is 37.8 Å². The van der Waals surface area contributed by atoms with E-state index in [0.29, 0.717) is 30.6 Å². The predicted molar refractivity (Wildman–Crippen MR) is 167 cm³/mol. The third-order valence-electron chi connectivity index (χ3n) is 10.5. The monoisotopic (exact) mass is 612 g/mol. The molecule has 5 aliphatic rings. The van der Waals surface area contributed by atoms with Crippen LogP contribution in [-0.4, -0.2) is 66.4 Å². The second kappa shape index (κ2) is 11.0. The molecule has 226 valence electrons. The molecule has 7 nitrogen and oxygen atoms in total. The Morgan fingerprint density at radius 2 is 2.02 bits per heavy atom. The smallest absolute Gasteiger partial charge is 0.262 e. The van der Waals surface area contributed by atoms with Crippen molar-refractivity contribution in [2.45, 2.75) is 74.7 Å². The van der Waals surface area contributed by atoms with E-state index in [2.05, 4.69) is 27.6 Å². The highest BCUT2D eigenvalue weighted by molar-refractivity contribution is 7.99. The lowest BCUT2D eigenvalue weighted by Gasteiger charge is -2.48. The highest BCUT2D eigenvalue weighted by Crippen LogP contribution is 2.47. The lowest BCUT2D eigenvalue weighted by molar-refractivity contribution is -0.116. The minimum atomic E-state index is -2.93. The topological polar surface area (TPSA) is 77.1 Å². The molecule has 4 bridgehead atoms. The number of carbonyl (C=O) groups excluding carboxylic acids is 1. The van der Waals surface area contributed by atoms with Crippen LogP contribution in [0.5, 0.6) is 5.75 Å². The molecular formula is C33H41ClN2O5S. The minimum absolute atomic E-state index is 0.0611. The van der Waals surface area contributed by atoms with Gasteiger partial charge in [0.25, 0.3) is 5.91 Å². The summed E-state index contributed by atoms with van der Waals surface area (Å²) in [5, 5.41) is 0.347. The lowest BCUT2D eigenvalue weighted by Crippen LogP contribution is -2.51. The number of nitrogens with one attached hydrogen (secondary N) is 1. The summed E-state index contributed by atoms with van der Waals surface area (Å²) in [4.78, 5) is 15.9. The molecule has 2 aromatic rings. The molecule has 1 saturated carbocycles. The van der Waals surface area contributed by atoms with Gasteiger partial charge < -0.3 is 19.1 Å². The van der Waals surface area contributed by atoms with E-state index in [0.717, 1.165) is 74.5 Å². The van der Waals surface area contributed by atoms with Crippen molar-refractivity contribution in [1.29, 1.82) is 0 Å². The van der Waals surface area contributed by atoms with Crippen molar-refractivity contribution in [3.05, 3.63) is 58.1 Å². The Hall–Kier alpha value is -2.26. The molecule has 2 aromatic carbocycles. The summed E-state index contributed by atoms with van der Waals surface area (Å²) in [6, 6.07) is 11.9. The Bertz CT molecular complexity index is 1480. The van der Waals surface area contributed by atoms with Crippen molar-refractivity contribution in [2.24, 2.45) is 11.8 Å². The maximum absolute atomic E-state index is 13.5. The molecule has 0 radical (unpaired) electrons. The normalized spacial score (nSPS) is 36.5. The number of nitrogens with zero attached hydrogens (tertiary/aromatic N) is 1. The summed E-state index contributed by atoms with van der Waals surface area (Å²) in [5.41, 5.74) is 3.82. The van der Waals surface area contributed by atoms with Crippen LogP contribution in [0.3, 0.4) is 0 Å². The van der Waals surface area contributed by atoms with Gasteiger partial charge in [-0.25, -0.2) is 4.21 Å². The van der Waals surface area contributed by atoms with Crippen molar-refractivity contribution < 1.29 is 23.2 Å². The average Bonchev–Trinajstić information content (AvgIpc) is 3.10. The minimum Gasteiger partial charge on any atom is -0.490 e. The Labute approximate surface area is 254 Å². The standard InChI is InChI=1S/C33H41ClN2O5S/c1-21-18-40-26-11-13-39-31(16-26)27-8-5-24(27)17-36-19-33(12-3-4-22-14-25(34)7-9-28(22)33)20-41-30-10-6-23(15-29(30)36)32(37)35-42(21,2)38/h6-7,9-10,14-15,21,24,26-27,31H,2-5,8,11-13,16-20H2,1H3,(H,35,37,38)/t21-,24-,26+,27+,31-,33-,42?/m0/s1. The van der Waals surface area contributed by atoms with Crippen LogP contribution in [0.4, 0.5) is 5.69 Å². The number of hydrogen-bond donors (Lipinski definition) is 1. The highest BCUT2D eigenvalue weighted by Gasteiger charge is 2.45. The van der Waals surface area contributed by atoms with Crippen LogP contribution in [0, 0.1) is 11.8 Å². The summed E-state index contributed by atoms with van der Waals surface area (Å²) in [5.74, 6) is 5.26. The molecule has 1 amide bonds. The summed E-state index contributed by atoms with van der Waals surface area (Å²) < 4.78 is 35.5. The molecular weight excluding hydrogens is 572 g/mol. The van der Waals surface area contributed by atoms with Gasteiger partial charge in [0.1, 0.15) is 5.75 Å². The Morgan fingerprint density at radius 1 is 1.14 bits per heavy atom. The van der Waals surface area contributed by atoms with Crippen LogP contribution >= 0.6 is 11.6 Å². The summed E-state index contributed by atoms with van der Waals surface area (Å²) >= 11 is 6.42. The predicted octanol–water partition coefficient (Wildman–Crippen LogP) is 5.17. The fraction of sp³-hybridized carbons (Fsp3) is 0.576. The number of ether oxygens (including phenoxy) is 3. The van der Waals surface area contributed by atoms with E-state index in [-0.39, 0.29) is 30.1 Å². The number of aryl methyl sites for hydroxylation is 1. The van der Waals surface area contributed by atoms with Gasteiger partial charge in [0.05, 0.1) is 46.1 Å². The van der Waals surface area contributed by atoms with Gasteiger partial charge in [-0.1, -0.05) is 17.7 Å². The van der Waals surface area contributed by atoms with Crippen LogP contribution in [-0.2, 0) is 31.0 Å². The van der Waals surface area contributed by atoms with Crippen molar-refractivity contribution in [3.8, 4) is 5.75 Å². The van der Waals surface area contributed by atoms with E-state index in [1.807, 2.05) is 25.1 Å². The molecule has 2 fully saturated rings. The van der Waals surface area contributed by atoms with Crippen molar-refractivity contribution in [3.63, 3.8) is 0 Å². The highest BCUT2D eigenvalue weighted by atomic mass is 35.5. The van der Waals surface area contributed by atoms with E-state index >= 15 is 0 Å². The second-order valence-corrected chi connectivity index (χ2v) is 16.0. The number of rotatable bonds is 0. The first kappa shape index (κ1) is 28.5. The zero-order valence-corrected chi connectivity index (χ0v) is 25.9. The Kier molecular flexibility index (Phi) is 7.48. The van der Waals surface area contributed by atoms with E-state index in [9.17, 15) is 9.00 Å². The molecule has 0 aromatic heterocycles. The van der Waals surface area contributed by atoms with E-state index in [1.165, 1.54) is 11.1 Å². The van der Waals surface area contributed by atoms with Crippen LogP contribution in [0.1, 0.15) is 66.9 Å². The Balaban J connectivity index is 1.29. The maximum atomic E-state index is 13.5. The van der Waals surface area contributed by atoms with Gasteiger partial charge in [0.15, 0.2) is 0 Å². The first-order valence-electron chi connectivity index (χ1n) is 15.4. The summed E-state index contributed by atoms with van der Waals surface area (Å²) in [6.07, 6.45) is 7.33. The van der Waals surface area contributed by atoms with Crippen molar-refractivity contribution >= 4 is 38.8 Å². The molecule has 7 atom stereocenters. The molecule has 9 heteroatoms. The summed E-state index contributed by atoms with van der Waals surface area (Å²) in [7, 11) is -2.93. The van der Waals surface area contributed by atoms with Gasteiger partial charge >= 0.3 is 0 Å². The first-order chi connectivity index (χ1) is 20.2. The molecule has 3 heterocycles. The van der Waals surface area contributed by atoms with Crippen molar-refractivity contribution in [1.82, 2.24) is 4.72 Å². The van der Waals surface area contributed by atoms with Gasteiger partial charge in [-0.15, -0.1) is 0 Å². The fourth-order valence-electron chi connectivity index (χ4n) is 7.79. The van der Waals surface area contributed by atoms with Crippen LogP contribution in [0.2, 0.25) is 5.02 Å². The first-order valence-corrected chi connectivity index (χ1v) is 17.6. The Morgan fingerprint density at radius 3 is 2.86 bits per heavy atom. The molecule has 2 aliphatic carbocycles. The van der Waals surface area contributed by atoms with Gasteiger partial charge in [0.2, 0.25) is 0 Å². The lowest BCUT2D eigenvalue weighted by atomic mass is 9.67. The molecule has 1 N–H and O–H groups in total. The number of benzene rings is 2. The summed E-state index contributed by atoms with van der Waals surface area (Å²) in [6.45, 7) is 5.03. The number of halogens is 1. The molecule has 7 rings (SSSR count). The molecule has 1 unspecified atom stereocenters. The van der Waals surface area contributed by atoms with Gasteiger partial charge in [-0.2, -0.15) is 0 Å². The van der Waals surface area contributed by atoms with Crippen LogP contribution in [0.15, 0.2) is 36.4 Å². The molecule has 3 aliphatic heterocycles. The zero-order chi connectivity index (χ0) is 29.1. The number of amides is 1. The van der Waals surface area contributed by atoms with Crippen LogP contribution in [0.25, 0.3) is 0 Å². The van der Waals surface area contributed by atoms with E-state index in [1.54, 1.807) is 6.07 Å². The van der Waals surface area contributed by atoms with E-state index in [4.69, 9.17) is 25.8 Å². The van der Waals surface area contributed by atoms with Gasteiger partial charge in [0, 0.05) is 42.1 Å². The quantitative estimate of drug-likeness (QED) is 0.414. The molecule has 1 spiro atoms. The third kappa shape index (κ3) is 5.23. The van der Waals surface area contributed by atoms with E-state index < -0.39 is 15.0 Å². The maximum Gasteiger partial charge on any atom is 0.262 e. The van der Waals surface area contributed by atoms with Gasteiger partial charge in [-0.3, -0.25) is 9.52 Å². The fourth-order valence-corrected chi connectivity index (χ4v) is 8.92. The molecule has 42 heavy (non-hydrogen) atoms. The molecule has 1 saturated heterocycles. The SMILES string of the molecule is C=S1(=O)NC(=O)c2ccc3c(c2)N(C[C@@H]2CC[C@H]2[C@@H]2C[C@@H](CCO2)OC[C@@H]1C)C[C@@]1(CCCc2cc(Cl)ccc21)CO3. The van der Waals surface area contributed by atoms with Gasteiger partial charge in [-0.05, 0) is 105 Å². The number of carbonyl (C=O) groups is 1. The van der Waals surface area contributed by atoms with Crippen LogP contribution < -0.4 is 14.4 Å². The number of hydrogen-bond acceptors (Lipinski definition) is 6. The largest absolute Gasteiger partial charge is 0.490 e.